The molecule has 7 rings (SSSR count). The first kappa shape index (κ1) is 37.7. The van der Waals surface area contributed by atoms with E-state index in [1.54, 1.807) is 6.20 Å². The summed E-state index contributed by atoms with van der Waals surface area (Å²) in [6, 6.07) is 7.02. The van der Waals surface area contributed by atoms with E-state index in [1.165, 1.54) is 23.8 Å². The Kier molecular flexibility index (Phi) is 10.4. The van der Waals surface area contributed by atoms with Crippen molar-refractivity contribution in [1.82, 2.24) is 19.7 Å². The van der Waals surface area contributed by atoms with Crippen molar-refractivity contribution in [2.75, 3.05) is 50.8 Å². The predicted octanol–water partition coefficient (Wildman–Crippen LogP) is 6.22. The molecule has 4 atom stereocenters. The summed E-state index contributed by atoms with van der Waals surface area (Å²) < 4.78 is 13.7. The van der Waals surface area contributed by atoms with Crippen LogP contribution in [0.3, 0.4) is 0 Å². The molecule has 0 radical (unpaired) electrons. The average Bonchev–Trinajstić information content (AvgIpc) is 3.42. The van der Waals surface area contributed by atoms with Gasteiger partial charge in [0.15, 0.2) is 0 Å². The van der Waals surface area contributed by atoms with Crippen molar-refractivity contribution in [3.8, 4) is 0 Å². The number of carbonyl (C=O) groups is 4. The molecule has 5 fully saturated rings. The van der Waals surface area contributed by atoms with Gasteiger partial charge in [0.05, 0.1) is 17.5 Å². The fourth-order valence-corrected chi connectivity index (χ4v) is 9.39. The smallest absolute Gasteiger partial charge is 0.418 e. The highest BCUT2D eigenvalue weighted by atomic mass is 16.6. The number of amides is 3. The Bertz CT molecular complexity index is 1690. The number of benzene rings is 1. The largest absolute Gasteiger partial charge is 0.443 e. The fraction of sp³-hybridized carbons (Fsp3) is 0.714. The molecule has 2 aliphatic carbocycles. The molecule has 1 aromatic heterocycles. The maximum atomic E-state index is 14.7. The second-order valence-electron chi connectivity index (χ2n) is 18.5. The minimum absolute atomic E-state index is 0.0189. The van der Waals surface area contributed by atoms with Crippen molar-refractivity contribution < 1.29 is 28.7 Å². The summed E-state index contributed by atoms with van der Waals surface area (Å²) in [4.78, 5) is 61.7. The SMILES string of the molecule is C[C@H](OCC1CCCCC1)[C@H](NC(=O)[C@@H]1CN(c2cccc3c2ccn3C(=O)OC(C)(C)C)CC12CN(C(=O)[C@H]1CC1(C)C)C2)C(=O)N1CCCCC1. The molecule has 0 bridgehead atoms. The first-order valence-electron chi connectivity index (χ1n) is 20.2. The predicted molar refractivity (Wildman–Crippen MR) is 205 cm³/mol. The number of nitrogens with one attached hydrogen (secondary N) is 1. The van der Waals surface area contributed by atoms with Gasteiger partial charge in [0.1, 0.15) is 11.6 Å². The molecule has 0 unspecified atom stereocenters. The number of hydrogen-bond acceptors (Lipinski definition) is 7. The monoisotopic (exact) mass is 731 g/mol. The summed E-state index contributed by atoms with van der Waals surface area (Å²) >= 11 is 0. The number of anilines is 1. The Morgan fingerprint density at radius 3 is 2.25 bits per heavy atom. The summed E-state index contributed by atoms with van der Waals surface area (Å²) in [6.07, 6.45) is 10.7. The van der Waals surface area contributed by atoms with E-state index in [9.17, 15) is 19.2 Å². The third-order valence-electron chi connectivity index (χ3n) is 12.8. The van der Waals surface area contributed by atoms with E-state index in [0.29, 0.717) is 51.8 Å². The summed E-state index contributed by atoms with van der Waals surface area (Å²) in [5.41, 5.74) is 0.570. The minimum Gasteiger partial charge on any atom is -0.443 e. The van der Waals surface area contributed by atoms with Gasteiger partial charge in [0.2, 0.25) is 17.7 Å². The molecule has 1 aromatic carbocycles. The molecule has 53 heavy (non-hydrogen) atoms. The molecular weight excluding hydrogens is 670 g/mol. The van der Waals surface area contributed by atoms with Crippen LogP contribution in [0.5, 0.6) is 0 Å². The summed E-state index contributed by atoms with van der Waals surface area (Å²) in [5, 5.41) is 4.15. The second-order valence-corrected chi connectivity index (χ2v) is 18.5. The molecule has 5 aliphatic rings. The van der Waals surface area contributed by atoms with Crippen LogP contribution in [0, 0.1) is 28.6 Å². The standard InChI is InChI=1S/C42H61N5O6/c1-28(52-24-29-14-9-7-10-15-29)35(38(50)44-19-11-8-12-20-44)43-36(48)32-23-45(25-42(32)26-46(27-42)37(49)31-22-41(31,5)6)33-16-13-17-34-30(33)18-21-47(34)39(51)53-40(2,3)4/h13,16-18,21,28-29,31-32,35H,7-12,14-15,19-20,22-27H2,1-6H3,(H,43,48)/t28-,31+,32-,35-/m0/s1. The number of rotatable bonds is 9. The van der Waals surface area contributed by atoms with Gasteiger partial charge >= 0.3 is 6.09 Å². The molecular formula is C42H61N5O6. The van der Waals surface area contributed by atoms with Crippen LogP contribution in [0.2, 0.25) is 0 Å². The van der Waals surface area contributed by atoms with E-state index < -0.39 is 35.2 Å². The van der Waals surface area contributed by atoms with Crippen LogP contribution >= 0.6 is 0 Å². The molecule has 4 heterocycles. The quantitative estimate of drug-likeness (QED) is 0.326. The van der Waals surface area contributed by atoms with Gasteiger partial charge in [0, 0.05) is 74.5 Å². The van der Waals surface area contributed by atoms with Gasteiger partial charge in [-0.2, -0.15) is 0 Å². The highest BCUT2D eigenvalue weighted by molar-refractivity contribution is 5.98. The third-order valence-corrected chi connectivity index (χ3v) is 12.8. The van der Waals surface area contributed by atoms with E-state index in [4.69, 9.17) is 9.47 Å². The van der Waals surface area contributed by atoms with Gasteiger partial charge in [-0.15, -0.1) is 0 Å². The zero-order valence-electron chi connectivity index (χ0n) is 32.8. The van der Waals surface area contributed by atoms with E-state index >= 15 is 0 Å². The Morgan fingerprint density at radius 1 is 0.906 bits per heavy atom. The lowest BCUT2D eigenvalue weighted by atomic mass is 9.70. The number of hydrogen-bond donors (Lipinski definition) is 1. The van der Waals surface area contributed by atoms with Gasteiger partial charge in [-0.3, -0.25) is 19.0 Å². The average molecular weight is 732 g/mol. The van der Waals surface area contributed by atoms with Crippen LogP contribution in [-0.2, 0) is 23.9 Å². The van der Waals surface area contributed by atoms with Gasteiger partial charge < -0.3 is 29.5 Å². The van der Waals surface area contributed by atoms with E-state index in [0.717, 1.165) is 55.1 Å². The van der Waals surface area contributed by atoms with E-state index in [2.05, 4.69) is 24.1 Å². The zero-order chi connectivity index (χ0) is 37.7. The van der Waals surface area contributed by atoms with Crippen LogP contribution in [-0.4, -0.2) is 102 Å². The molecule has 1 spiro atoms. The lowest BCUT2D eigenvalue weighted by molar-refractivity contribution is -0.153. The number of likely N-dealkylation sites (tertiary alicyclic amines) is 2. The number of piperidine rings is 1. The molecule has 1 N–H and O–H groups in total. The second kappa shape index (κ2) is 14.6. The Balaban J connectivity index is 1.14. The van der Waals surface area contributed by atoms with Gasteiger partial charge in [-0.25, -0.2) is 4.79 Å². The topological polar surface area (TPSA) is 113 Å². The minimum atomic E-state index is -0.786. The van der Waals surface area contributed by atoms with Gasteiger partial charge in [-0.1, -0.05) is 39.2 Å². The first-order chi connectivity index (χ1) is 25.2. The Labute approximate surface area is 315 Å². The first-order valence-corrected chi connectivity index (χ1v) is 20.2. The zero-order valence-corrected chi connectivity index (χ0v) is 32.8. The highest BCUT2D eigenvalue weighted by Gasteiger charge is 2.61. The normalized spacial score (nSPS) is 25.2. The summed E-state index contributed by atoms with van der Waals surface area (Å²) in [5.74, 6) is 0.0183. The number of carbonyl (C=O) groups excluding carboxylic acids is 4. The van der Waals surface area contributed by atoms with Crippen LogP contribution in [0.4, 0.5) is 10.5 Å². The van der Waals surface area contributed by atoms with Crippen molar-refractivity contribution in [1.29, 1.82) is 0 Å². The molecule has 3 aliphatic heterocycles. The van der Waals surface area contributed by atoms with E-state index in [-0.39, 0.29) is 29.1 Å². The molecule has 2 aromatic rings. The maximum absolute atomic E-state index is 14.7. The molecule has 3 saturated heterocycles. The number of nitrogens with zero attached hydrogens (tertiary/aromatic N) is 4. The fourth-order valence-electron chi connectivity index (χ4n) is 9.39. The lowest BCUT2D eigenvalue weighted by Crippen LogP contribution is -2.65. The van der Waals surface area contributed by atoms with Crippen LogP contribution in [0.15, 0.2) is 30.5 Å². The van der Waals surface area contributed by atoms with Crippen LogP contribution < -0.4 is 10.2 Å². The highest BCUT2D eigenvalue weighted by Crippen LogP contribution is 2.55. The molecule has 290 valence electrons. The number of fused-ring (bicyclic) bond motifs is 1. The molecule has 11 nitrogen and oxygen atoms in total. The van der Waals surface area contributed by atoms with Crippen molar-refractivity contribution >= 4 is 40.4 Å². The lowest BCUT2D eigenvalue weighted by Gasteiger charge is -2.51. The number of ether oxygens (including phenoxy) is 2. The molecule has 11 heteroatoms. The van der Waals surface area contributed by atoms with Crippen molar-refractivity contribution in [3.05, 3.63) is 30.5 Å². The van der Waals surface area contributed by atoms with Gasteiger partial charge in [-0.05, 0) is 95.8 Å². The van der Waals surface area contributed by atoms with Crippen molar-refractivity contribution in [3.63, 3.8) is 0 Å². The Hall–Kier alpha value is -3.60. The van der Waals surface area contributed by atoms with Gasteiger partial charge in [0.25, 0.3) is 0 Å². The molecule has 3 amide bonds. The van der Waals surface area contributed by atoms with Crippen LogP contribution in [0.1, 0.15) is 99.3 Å². The summed E-state index contributed by atoms with van der Waals surface area (Å²) in [6.45, 7) is 15.8. The van der Waals surface area contributed by atoms with E-state index in [1.807, 2.05) is 61.8 Å². The summed E-state index contributed by atoms with van der Waals surface area (Å²) in [7, 11) is 0. The maximum Gasteiger partial charge on any atom is 0.418 e. The molecule has 2 saturated carbocycles. The van der Waals surface area contributed by atoms with Crippen LogP contribution in [0.25, 0.3) is 10.9 Å². The third kappa shape index (κ3) is 7.82. The van der Waals surface area contributed by atoms with Crippen molar-refractivity contribution in [2.45, 2.75) is 117 Å². The van der Waals surface area contributed by atoms with Crippen molar-refractivity contribution in [2.24, 2.45) is 28.6 Å². The number of aromatic nitrogens is 1. The Morgan fingerprint density at radius 2 is 1.58 bits per heavy atom.